The van der Waals surface area contributed by atoms with Gasteiger partial charge in [-0.2, -0.15) is 0 Å². The van der Waals surface area contributed by atoms with E-state index in [4.69, 9.17) is 15.6 Å². The highest BCUT2D eigenvalue weighted by atomic mass is 16.5. The van der Waals surface area contributed by atoms with Crippen molar-refractivity contribution in [3.05, 3.63) is 35.4 Å². The van der Waals surface area contributed by atoms with Crippen LogP contribution in [0, 0.1) is 0 Å². The Bertz CT molecular complexity index is 576. The van der Waals surface area contributed by atoms with Crippen LogP contribution in [0.5, 0.6) is 0 Å². The van der Waals surface area contributed by atoms with E-state index in [1.807, 2.05) is 6.92 Å². The van der Waals surface area contributed by atoms with Crippen LogP contribution in [0.2, 0.25) is 0 Å². The van der Waals surface area contributed by atoms with E-state index in [1.165, 1.54) is 10.5 Å². The van der Waals surface area contributed by atoms with Crippen molar-refractivity contribution in [1.29, 1.82) is 0 Å². The van der Waals surface area contributed by atoms with Crippen molar-refractivity contribution in [2.24, 2.45) is 5.73 Å². The van der Waals surface area contributed by atoms with Gasteiger partial charge < -0.3 is 20.5 Å². The van der Waals surface area contributed by atoms with Crippen molar-refractivity contribution in [2.75, 3.05) is 33.4 Å². The second-order valence-corrected chi connectivity index (χ2v) is 7.01. The van der Waals surface area contributed by atoms with E-state index in [0.29, 0.717) is 13.1 Å². The number of likely N-dealkylation sites (N-methyl/N-ethyl adjacent to an activating group) is 1. The van der Waals surface area contributed by atoms with E-state index in [0.717, 1.165) is 31.6 Å². The summed E-state index contributed by atoms with van der Waals surface area (Å²) >= 11 is 0. The van der Waals surface area contributed by atoms with Crippen molar-refractivity contribution in [3.8, 4) is 0 Å². The van der Waals surface area contributed by atoms with E-state index in [2.05, 4.69) is 36.2 Å². The number of rotatable bonds is 4. The van der Waals surface area contributed by atoms with Gasteiger partial charge in [0.25, 0.3) is 0 Å². The molecule has 3 rings (SSSR count). The van der Waals surface area contributed by atoms with Crippen LogP contribution in [0.1, 0.15) is 36.9 Å². The number of benzene rings is 1. The fourth-order valence-electron chi connectivity index (χ4n) is 3.86. The van der Waals surface area contributed by atoms with Gasteiger partial charge in [-0.05, 0) is 37.9 Å². The van der Waals surface area contributed by atoms with Crippen LogP contribution in [0.15, 0.2) is 24.3 Å². The summed E-state index contributed by atoms with van der Waals surface area (Å²) in [5.41, 5.74) is 8.27. The monoisotopic (exact) mass is 333 g/mol. The van der Waals surface area contributed by atoms with Gasteiger partial charge >= 0.3 is 6.09 Å². The highest BCUT2D eigenvalue weighted by Gasteiger charge is 2.45. The van der Waals surface area contributed by atoms with Crippen LogP contribution in [-0.2, 0) is 10.3 Å². The van der Waals surface area contributed by atoms with Crippen molar-refractivity contribution in [1.82, 2.24) is 9.80 Å². The topological polar surface area (TPSA) is 79.0 Å². The molecule has 6 nitrogen and oxygen atoms in total. The Balaban J connectivity index is 1.83. The molecule has 2 aliphatic rings. The first-order valence-electron chi connectivity index (χ1n) is 8.58. The lowest BCUT2D eigenvalue weighted by Crippen LogP contribution is -2.65. The summed E-state index contributed by atoms with van der Waals surface area (Å²) in [4.78, 5) is 14.9. The fourth-order valence-corrected chi connectivity index (χ4v) is 3.86. The number of nitrogens with two attached hydrogens (primary N) is 1. The van der Waals surface area contributed by atoms with Crippen molar-refractivity contribution in [2.45, 2.75) is 37.4 Å². The molecule has 0 unspecified atom stereocenters. The van der Waals surface area contributed by atoms with Crippen LogP contribution in [0.3, 0.4) is 0 Å². The van der Waals surface area contributed by atoms with Crippen LogP contribution < -0.4 is 5.73 Å². The van der Waals surface area contributed by atoms with Gasteiger partial charge in [-0.15, -0.1) is 0 Å². The van der Waals surface area contributed by atoms with Gasteiger partial charge in [0.15, 0.2) is 0 Å². The number of likely N-dealkylation sites (tertiary alicyclic amines) is 1. The molecular weight excluding hydrogens is 306 g/mol. The molecule has 1 atom stereocenters. The first-order chi connectivity index (χ1) is 11.4. The zero-order valence-corrected chi connectivity index (χ0v) is 14.4. The molecule has 6 heteroatoms. The molecule has 0 bridgehead atoms. The Kier molecular flexibility index (Phi) is 4.80. The summed E-state index contributed by atoms with van der Waals surface area (Å²) in [6.07, 6.45) is 1.01. The smallest absolute Gasteiger partial charge is 0.407 e. The maximum absolute atomic E-state index is 11.1. The average molecular weight is 333 g/mol. The average Bonchev–Trinajstić information content (AvgIpc) is 2.53. The molecule has 2 saturated heterocycles. The van der Waals surface area contributed by atoms with Gasteiger partial charge in [0.2, 0.25) is 0 Å². The quantitative estimate of drug-likeness (QED) is 0.881. The zero-order chi connectivity index (χ0) is 17.3. The minimum absolute atomic E-state index is 0.0261. The molecule has 0 aliphatic carbocycles. The molecule has 0 radical (unpaired) electrons. The third-order valence-electron chi connectivity index (χ3n) is 5.65. The fraction of sp³-hybridized carbons (Fsp3) is 0.611. The summed E-state index contributed by atoms with van der Waals surface area (Å²) < 4.78 is 5.60. The van der Waals surface area contributed by atoms with Crippen LogP contribution in [-0.4, -0.2) is 60.4 Å². The molecule has 0 spiro atoms. The van der Waals surface area contributed by atoms with E-state index in [9.17, 15) is 4.79 Å². The highest BCUT2D eigenvalue weighted by Crippen LogP contribution is 2.40. The minimum atomic E-state index is -0.832. The van der Waals surface area contributed by atoms with Crippen LogP contribution in [0.25, 0.3) is 0 Å². The van der Waals surface area contributed by atoms with Crippen molar-refractivity contribution in [3.63, 3.8) is 0 Å². The Morgan fingerprint density at radius 3 is 2.42 bits per heavy atom. The number of amides is 1. The molecule has 132 valence electrons. The first kappa shape index (κ1) is 17.2. The number of carbonyl (C=O) groups is 1. The van der Waals surface area contributed by atoms with Crippen LogP contribution in [0.4, 0.5) is 4.79 Å². The van der Waals surface area contributed by atoms with Gasteiger partial charge in [-0.3, -0.25) is 4.90 Å². The normalized spacial score (nSPS) is 22.2. The third-order valence-corrected chi connectivity index (χ3v) is 5.65. The molecule has 0 saturated carbocycles. The first-order valence-corrected chi connectivity index (χ1v) is 8.58. The number of hydrogen-bond donors (Lipinski definition) is 2. The van der Waals surface area contributed by atoms with E-state index < -0.39 is 6.09 Å². The second-order valence-electron chi connectivity index (χ2n) is 7.01. The zero-order valence-electron chi connectivity index (χ0n) is 14.4. The summed E-state index contributed by atoms with van der Waals surface area (Å²) in [6.45, 7) is 4.60. The molecule has 1 aromatic rings. The second kappa shape index (κ2) is 6.70. The Hall–Kier alpha value is -1.63. The molecule has 0 aromatic heterocycles. The Morgan fingerprint density at radius 1 is 1.33 bits per heavy atom. The maximum Gasteiger partial charge on any atom is 0.407 e. The number of ether oxygens (including phenoxy) is 1. The van der Waals surface area contributed by atoms with E-state index in [-0.39, 0.29) is 17.6 Å². The lowest BCUT2D eigenvalue weighted by atomic mass is 9.79. The van der Waals surface area contributed by atoms with Gasteiger partial charge in [-0.1, -0.05) is 24.3 Å². The van der Waals surface area contributed by atoms with Crippen LogP contribution >= 0.6 is 0 Å². The molecule has 1 aromatic carbocycles. The Morgan fingerprint density at radius 2 is 1.92 bits per heavy atom. The summed E-state index contributed by atoms with van der Waals surface area (Å²) in [5.74, 6) is 0. The van der Waals surface area contributed by atoms with Crippen molar-refractivity contribution >= 4 is 6.09 Å². The largest absolute Gasteiger partial charge is 0.465 e. The molecular formula is C18H27N3O3. The summed E-state index contributed by atoms with van der Waals surface area (Å²) in [6, 6.07) is 8.85. The lowest BCUT2D eigenvalue weighted by molar-refractivity contribution is -0.0690. The predicted octanol–water partition coefficient (Wildman–Crippen LogP) is 2.01. The van der Waals surface area contributed by atoms with Crippen molar-refractivity contribution < 1.29 is 14.6 Å². The molecule has 2 aliphatic heterocycles. The molecule has 2 fully saturated rings. The summed E-state index contributed by atoms with van der Waals surface area (Å²) in [7, 11) is 2.12. The predicted molar refractivity (Wildman–Crippen MR) is 91.9 cm³/mol. The van der Waals surface area contributed by atoms with E-state index >= 15 is 0 Å². The standard InChI is InChI=1S/C18H27N3O3/c1-13(19)14-3-5-15(6-4-14)18(7-9-24-10-8-18)20(2)16-11-21(12-16)17(22)23/h3-6,13,16H,7-12,19H2,1-2H3,(H,22,23)/t13-/m0/s1. The molecule has 2 heterocycles. The highest BCUT2D eigenvalue weighted by molar-refractivity contribution is 5.66. The SMILES string of the molecule is C[C@H](N)c1ccc(C2(N(C)C3CN(C(=O)O)C3)CCOCC2)cc1. The van der Waals surface area contributed by atoms with Gasteiger partial charge in [0.1, 0.15) is 0 Å². The number of nitrogens with zero attached hydrogens (tertiary/aromatic N) is 2. The molecule has 1 amide bonds. The maximum atomic E-state index is 11.1. The van der Waals surface area contributed by atoms with E-state index in [1.54, 1.807) is 0 Å². The Labute approximate surface area is 143 Å². The lowest BCUT2D eigenvalue weighted by Gasteiger charge is -2.53. The van der Waals surface area contributed by atoms with Gasteiger partial charge in [-0.25, -0.2) is 4.79 Å². The number of carboxylic acid groups (broad SMARTS) is 1. The third kappa shape index (κ3) is 3.01. The minimum Gasteiger partial charge on any atom is -0.465 e. The molecule has 24 heavy (non-hydrogen) atoms. The van der Waals surface area contributed by atoms with Gasteiger partial charge in [0.05, 0.1) is 5.54 Å². The summed E-state index contributed by atoms with van der Waals surface area (Å²) in [5, 5.41) is 9.08. The number of hydrogen-bond acceptors (Lipinski definition) is 4. The van der Waals surface area contributed by atoms with Gasteiger partial charge in [0, 0.05) is 38.4 Å². The molecule has 3 N–H and O–H groups in total.